The van der Waals surface area contributed by atoms with Gasteiger partial charge in [0.2, 0.25) is 0 Å². The lowest BCUT2D eigenvalue weighted by Crippen LogP contribution is -2.34. The Morgan fingerprint density at radius 1 is 1.10 bits per heavy atom. The van der Waals surface area contributed by atoms with E-state index in [0.29, 0.717) is 36.1 Å². The summed E-state index contributed by atoms with van der Waals surface area (Å²) in [5, 5.41) is 13.7. The van der Waals surface area contributed by atoms with E-state index in [-0.39, 0.29) is 17.4 Å². The van der Waals surface area contributed by atoms with Crippen LogP contribution in [0.3, 0.4) is 0 Å². The van der Waals surface area contributed by atoms with Crippen LogP contribution in [-0.4, -0.2) is 46.0 Å². The highest BCUT2D eigenvalue weighted by molar-refractivity contribution is 6.08. The SMILES string of the molecule is Cn1c(=O)c(O)c(C(=O)NCC2CCN(C(=O)c3ccccc3)C2)c2ccccc21. The van der Waals surface area contributed by atoms with E-state index in [1.54, 1.807) is 48.3 Å². The molecule has 7 nitrogen and oxygen atoms in total. The van der Waals surface area contributed by atoms with E-state index in [2.05, 4.69) is 5.32 Å². The number of nitrogens with one attached hydrogen (secondary N) is 1. The molecular formula is C23H23N3O4. The van der Waals surface area contributed by atoms with Gasteiger partial charge in [-0.05, 0) is 30.5 Å². The normalized spacial score (nSPS) is 16.0. The zero-order valence-electron chi connectivity index (χ0n) is 16.7. The van der Waals surface area contributed by atoms with Crippen LogP contribution >= 0.6 is 0 Å². The summed E-state index contributed by atoms with van der Waals surface area (Å²) in [7, 11) is 1.56. The number of aromatic hydroxyl groups is 1. The first-order valence-electron chi connectivity index (χ1n) is 9.90. The van der Waals surface area contributed by atoms with Crippen molar-refractivity contribution in [2.45, 2.75) is 6.42 Å². The Kier molecular flexibility index (Phi) is 5.27. The van der Waals surface area contributed by atoms with Crippen LogP contribution in [0.5, 0.6) is 5.75 Å². The molecule has 1 atom stereocenters. The largest absolute Gasteiger partial charge is 0.502 e. The van der Waals surface area contributed by atoms with Gasteiger partial charge < -0.3 is 19.9 Å². The molecule has 4 rings (SSSR count). The number of carbonyl (C=O) groups is 2. The third kappa shape index (κ3) is 3.54. The molecule has 1 fully saturated rings. The molecular weight excluding hydrogens is 382 g/mol. The summed E-state index contributed by atoms with van der Waals surface area (Å²) in [6, 6.07) is 16.1. The summed E-state index contributed by atoms with van der Waals surface area (Å²) >= 11 is 0. The lowest BCUT2D eigenvalue weighted by atomic mass is 10.1. The molecule has 0 saturated carbocycles. The van der Waals surface area contributed by atoms with Gasteiger partial charge in [-0.25, -0.2) is 0 Å². The summed E-state index contributed by atoms with van der Waals surface area (Å²) in [6.07, 6.45) is 0.780. The molecule has 0 aliphatic carbocycles. The topological polar surface area (TPSA) is 91.6 Å². The van der Waals surface area contributed by atoms with E-state index in [9.17, 15) is 19.5 Å². The van der Waals surface area contributed by atoms with Crippen molar-refractivity contribution in [1.29, 1.82) is 0 Å². The number of amides is 2. The van der Waals surface area contributed by atoms with Crippen molar-refractivity contribution in [3.8, 4) is 5.75 Å². The minimum absolute atomic E-state index is 0.0103. The molecule has 7 heteroatoms. The summed E-state index contributed by atoms with van der Waals surface area (Å²) in [5.74, 6) is -0.948. The van der Waals surface area contributed by atoms with Crippen LogP contribution in [0.2, 0.25) is 0 Å². The van der Waals surface area contributed by atoms with Gasteiger partial charge in [-0.2, -0.15) is 0 Å². The van der Waals surface area contributed by atoms with E-state index in [1.165, 1.54) is 4.57 Å². The van der Waals surface area contributed by atoms with Crippen LogP contribution < -0.4 is 10.9 Å². The first kappa shape index (κ1) is 19.7. The zero-order valence-corrected chi connectivity index (χ0v) is 16.7. The number of benzene rings is 2. The van der Waals surface area contributed by atoms with Gasteiger partial charge in [-0.1, -0.05) is 36.4 Å². The first-order chi connectivity index (χ1) is 14.5. The Morgan fingerprint density at radius 3 is 2.57 bits per heavy atom. The van der Waals surface area contributed by atoms with Crippen LogP contribution in [0.15, 0.2) is 59.4 Å². The average molecular weight is 405 g/mol. The Labute approximate surface area is 173 Å². The molecule has 2 amide bonds. The van der Waals surface area contributed by atoms with Crippen molar-refractivity contribution in [2.24, 2.45) is 13.0 Å². The molecule has 3 aromatic rings. The third-order valence-corrected chi connectivity index (χ3v) is 5.65. The predicted molar refractivity (Wildman–Crippen MR) is 114 cm³/mol. The summed E-state index contributed by atoms with van der Waals surface area (Å²) in [6.45, 7) is 1.55. The molecule has 2 heterocycles. The molecule has 0 spiro atoms. The Bertz CT molecular complexity index is 1170. The number of hydrogen-bond donors (Lipinski definition) is 2. The highest BCUT2D eigenvalue weighted by Gasteiger charge is 2.28. The standard InChI is InChI=1S/C23H23N3O4/c1-25-18-10-6-5-9-17(18)19(20(27)23(25)30)21(28)24-13-15-11-12-26(14-15)22(29)16-7-3-2-4-8-16/h2-10,15,27H,11-14H2,1H3,(H,24,28). The van der Waals surface area contributed by atoms with Crippen LogP contribution in [0.25, 0.3) is 10.9 Å². The van der Waals surface area contributed by atoms with E-state index >= 15 is 0 Å². The van der Waals surface area contributed by atoms with E-state index in [0.717, 1.165) is 6.42 Å². The number of para-hydroxylation sites is 1. The van der Waals surface area contributed by atoms with Gasteiger partial charge >= 0.3 is 0 Å². The third-order valence-electron chi connectivity index (χ3n) is 5.65. The highest BCUT2D eigenvalue weighted by atomic mass is 16.3. The lowest BCUT2D eigenvalue weighted by molar-refractivity contribution is 0.0787. The van der Waals surface area contributed by atoms with Crippen molar-refractivity contribution in [3.05, 3.63) is 76.1 Å². The van der Waals surface area contributed by atoms with E-state index in [1.807, 2.05) is 18.2 Å². The lowest BCUT2D eigenvalue weighted by Gasteiger charge is -2.17. The summed E-state index contributed by atoms with van der Waals surface area (Å²) in [4.78, 5) is 39.5. The van der Waals surface area contributed by atoms with Crippen molar-refractivity contribution in [1.82, 2.24) is 14.8 Å². The van der Waals surface area contributed by atoms with Crippen molar-refractivity contribution in [3.63, 3.8) is 0 Å². The van der Waals surface area contributed by atoms with Gasteiger partial charge in [0.1, 0.15) is 0 Å². The van der Waals surface area contributed by atoms with E-state index < -0.39 is 17.2 Å². The summed E-state index contributed by atoms with van der Waals surface area (Å²) < 4.78 is 1.32. The highest BCUT2D eigenvalue weighted by Crippen LogP contribution is 2.24. The molecule has 1 unspecified atom stereocenters. The van der Waals surface area contributed by atoms with E-state index in [4.69, 9.17) is 0 Å². The number of carbonyl (C=O) groups excluding carboxylic acids is 2. The van der Waals surface area contributed by atoms with Crippen molar-refractivity contribution >= 4 is 22.7 Å². The molecule has 1 aliphatic rings. The number of fused-ring (bicyclic) bond motifs is 1. The van der Waals surface area contributed by atoms with Gasteiger partial charge in [-0.15, -0.1) is 0 Å². The number of hydrogen-bond acceptors (Lipinski definition) is 4. The number of aromatic nitrogens is 1. The molecule has 2 N–H and O–H groups in total. The molecule has 0 bridgehead atoms. The molecule has 30 heavy (non-hydrogen) atoms. The maximum absolute atomic E-state index is 12.8. The maximum atomic E-state index is 12.8. The Hall–Kier alpha value is -3.61. The smallest absolute Gasteiger partial charge is 0.293 e. The monoisotopic (exact) mass is 405 g/mol. The zero-order chi connectivity index (χ0) is 21.3. The molecule has 0 radical (unpaired) electrons. The fourth-order valence-corrected chi connectivity index (χ4v) is 3.98. The number of pyridine rings is 1. The number of rotatable bonds is 4. The Balaban J connectivity index is 1.46. The fraction of sp³-hybridized carbons (Fsp3) is 0.261. The second kappa shape index (κ2) is 8.02. The molecule has 154 valence electrons. The van der Waals surface area contributed by atoms with Gasteiger partial charge in [0.25, 0.3) is 17.4 Å². The minimum Gasteiger partial charge on any atom is -0.502 e. The second-order valence-electron chi connectivity index (χ2n) is 7.59. The van der Waals surface area contributed by atoms with Gasteiger partial charge in [0.15, 0.2) is 5.75 Å². The second-order valence-corrected chi connectivity index (χ2v) is 7.59. The van der Waals surface area contributed by atoms with Crippen LogP contribution in [0.1, 0.15) is 27.1 Å². The summed E-state index contributed by atoms with van der Waals surface area (Å²) in [5.41, 5.74) is 0.605. The maximum Gasteiger partial charge on any atom is 0.293 e. The van der Waals surface area contributed by atoms with Gasteiger partial charge in [0, 0.05) is 37.6 Å². The van der Waals surface area contributed by atoms with Crippen LogP contribution in [0, 0.1) is 5.92 Å². The fourth-order valence-electron chi connectivity index (χ4n) is 3.98. The molecule has 1 aliphatic heterocycles. The number of likely N-dealkylation sites (tertiary alicyclic amines) is 1. The van der Waals surface area contributed by atoms with Crippen LogP contribution in [0.4, 0.5) is 0 Å². The molecule has 1 saturated heterocycles. The van der Waals surface area contributed by atoms with Crippen LogP contribution in [-0.2, 0) is 7.05 Å². The van der Waals surface area contributed by atoms with Gasteiger partial charge in [0.05, 0.1) is 11.1 Å². The quantitative estimate of drug-likeness (QED) is 0.696. The first-order valence-corrected chi connectivity index (χ1v) is 9.90. The molecule has 2 aromatic carbocycles. The van der Waals surface area contributed by atoms with Crippen molar-refractivity contribution < 1.29 is 14.7 Å². The number of nitrogens with zero attached hydrogens (tertiary/aromatic N) is 2. The minimum atomic E-state index is -0.612. The van der Waals surface area contributed by atoms with Gasteiger partial charge in [-0.3, -0.25) is 14.4 Å². The molecule has 1 aromatic heterocycles. The van der Waals surface area contributed by atoms with Crippen molar-refractivity contribution in [2.75, 3.05) is 19.6 Å². The average Bonchev–Trinajstić information content (AvgIpc) is 3.25. The number of aryl methyl sites for hydroxylation is 1. The Morgan fingerprint density at radius 2 is 1.80 bits per heavy atom. The predicted octanol–water partition coefficient (Wildman–Crippen LogP) is 2.14.